The number of rotatable bonds is 10. The van der Waals surface area contributed by atoms with E-state index in [0.29, 0.717) is 19.3 Å². The smallest absolute Gasteiger partial charge is 0.217 e. The molecule has 3 aliphatic rings. The van der Waals surface area contributed by atoms with Crippen molar-refractivity contribution in [1.29, 1.82) is 21.2 Å². The predicted molar refractivity (Wildman–Crippen MR) is 112 cm³/mol. The van der Waals surface area contributed by atoms with Crippen molar-refractivity contribution in [2.45, 2.75) is 109 Å². The van der Waals surface area contributed by atoms with Crippen molar-refractivity contribution in [3.8, 4) is 18.2 Å². The van der Waals surface area contributed by atoms with Crippen molar-refractivity contribution in [1.82, 2.24) is 0 Å². The molecule has 1 N–H and O–H groups in total. The van der Waals surface area contributed by atoms with Gasteiger partial charge in [0.2, 0.25) is 11.7 Å². The minimum absolute atomic E-state index is 0.241. The van der Waals surface area contributed by atoms with Crippen LogP contribution in [0.1, 0.15) is 96.8 Å². The van der Waals surface area contributed by atoms with Crippen molar-refractivity contribution >= 4 is 5.90 Å². The van der Waals surface area contributed by atoms with E-state index in [2.05, 4.69) is 25.1 Å². The first-order chi connectivity index (χ1) is 14.6. The van der Waals surface area contributed by atoms with Crippen LogP contribution in [0.3, 0.4) is 0 Å². The Morgan fingerprint density at radius 3 is 2.17 bits per heavy atom. The molecule has 0 spiro atoms. The normalized spacial score (nSPS) is 33.6. The Hall–Kier alpha value is -2.10. The van der Waals surface area contributed by atoms with Crippen LogP contribution < -0.4 is 0 Å². The molecule has 6 heteroatoms. The molecular weight excluding hydrogens is 376 g/mol. The molecular formula is C24H34N4O2. The zero-order chi connectivity index (χ0) is 21.7. The largest absolute Gasteiger partial charge is 0.447 e. The summed E-state index contributed by atoms with van der Waals surface area (Å²) in [5, 5.41) is 38.9. The first-order valence-electron chi connectivity index (χ1n) is 11.8. The summed E-state index contributed by atoms with van der Waals surface area (Å²) in [6.07, 6.45) is 13.5. The molecule has 0 aromatic carbocycles. The fraction of sp³-hybridized carbons (Fsp3) is 0.833. The SMILES string of the molecule is CCCCCCCCCCCC1OC23CCCCC2C(C#N)(C(=N)O3)C1(C#N)C#N. The van der Waals surface area contributed by atoms with E-state index in [9.17, 15) is 15.8 Å². The van der Waals surface area contributed by atoms with Crippen LogP contribution in [0.25, 0.3) is 0 Å². The lowest BCUT2D eigenvalue weighted by Crippen LogP contribution is -2.63. The number of nitrogens with one attached hydrogen (secondary N) is 1. The van der Waals surface area contributed by atoms with E-state index in [1.54, 1.807) is 0 Å². The highest BCUT2D eigenvalue weighted by atomic mass is 16.7. The standard InChI is InChI=1S/C24H34N4O2/c1-2-3-4-5-6-7-8-9-10-14-20-22(16-25,17-26)23(18-27)19-13-11-12-15-24(19,29-20)30-21(23)28/h19-20,28H,2-15H2,1H3. The molecule has 30 heavy (non-hydrogen) atoms. The molecule has 2 heterocycles. The highest BCUT2D eigenvalue weighted by Crippen LogP contribution is 2.66. The third-order valence-electron chi connectivity index (χ3n) is 7.50. The lowest BCUT2D eigenvalue weighted by Gasteiger charge is -2.51. The summed E-state index contributed by atoms with van der Waals surface area (Å²) in [5.41, 5.74) is -3.22. The number of nitriles is 3. The number of nitrogens with zero attached hydrogens (tertiary/aromatic N) is 3. The maximum absolute atomic E-state index is 10.2. The van der Waals surface area contributed by atoms with Crippen molar-refractivity contribution < 1.29 is 9.47 Å². The third kappa shape index (κ3) is 3.38. The van der Waals surface area contributed by atoms with Crippen molar-refractivity contribution in [3.05, 3.63) is 0 Å². The third-order valence-corrected chi connectivity index (χ3v) is 7.50. The van der Waals surface area contributed by atoms with E-state index in [0.717, 1.165) is 32.1 Å². The molecule has 0 amide bonds. The van der Waals surface area contributed by atoms with Crippen molar-refractivity contribution in [2.75, 3.05) is 0 Å². The molecule has 4 unspecified atom stereocenters. The molecule has 0 aromatic rings. The fourth-order valence-electron chi connectivity index (χ4n) is 5.87. The number of ether oxygens (including phenoxy) is 2. The van der Waals surface area contributed by atoms with Gasteiger partial charge in [-0.25, -0.2) is 0 Å². The van der Waals surface area contributed by atoms with E-state index < -0.39 is 28.6 Å². The van der Waals surface area contributed by atoms with Gasteiger partial charge in [-0.3, -0.25) is 5.41 Å². The summed E-state index contributed by atoms with van der Waals surface area (Å²) >= 11 is 0. The Morgan fingerprint density at radius 2 is 1.57 bits per heavy atom. The van der Waals surface area contributed by atoms with Gasteiger partial charge in [0.25, 0.3) is 0 Å². The average Bonchev–Trinajstić information content (AvgIpc) is 2.97. The van der Waals surface area contributed by atoms with Gasteiger partial charge in [-0.05, 0) is 19.3 Å². The Labute approximate surface area is 180 Å². The Balaban J connectivity index is 1.68. The second-order valence-electron chi connectivity index (χ2n) is 9.22. The van der Waals surface area contributed by atoms with Gasteiger partial charge in [-0.1, -0.05) is 71.1 Å². The summed E-state index contributed by atoms with van der Waals surface area (Å²) in [5.74, 6) is -1.67. The van der Waals surface area contributed by atoms with Gasteiger partial charge in [-0.2, -0.15) is 15.8 Å². The van der Waals surface area contributed by atoms with Gasteiger partial charge in [0.05, 0.1) is 30.2 Å². The molecule has 3 fully saturated rings. The highest BCUT2D eigenvalue weighted by molar-refractivity contribution is 5.89. The molecule has 1 saturated carbocycles. The van der Waals surface area contributed by atoms with Crippen molar-refractivity contribution in [3.63, 3.8) is 0 Å². The summed E-state index contributed by atoms with van der Waals surface area (Å²) in [7, 11) is 0. The lowest BCUT2D eigenvalue weighted by atomic mass is 9.51. The second-order valence-corrected chi connectivity index (χ2v) is 9.22. The van der Waals surface area contributed by atoms with Gasteiger partial charge in [0.15, 0.2) is 10.8 Å². The molecule has 0 radical (unpaired) electrons. The summed E-state index contributed by atoms with van der Waals surface area (Å²) in [4.78, 5) is 0. The highest BCUT2D eigenvalue weighted by Gasteiger charge is 2.79. The molecule has 2 aliphatic heterocycles. The molecule has 2 saturated heterocycles. The van der Waals surface area contributed by atoms with E-state index in [4.69, 9.17) is 14.9 Å². The maximum Gasteiger partial charge on any atom is 0.217 e. The quantitative estimate of drug-likeness (QED) is 0.461. The van der Waals surface area contributed by atoms with E-state index in [1.807, 2.05) is 0 Å². The van der Waals surface area contributed by atoms with Crippen molar-refractivity contribution in [2.24, 2.45) is 16.7 Å². The van der Waals surface area contributed by atoms with Crippen LogP contribution in [0.15, 0.2) is 0 Å². The first-order valence-corrected chi connectivity index (χ1v) is 11.8. The molecule has 2 bridgehead atoms. The molecule has 1 aliphatic carbocycles. The molecule has 6 nitrogen and oxygen atoms in total. The van der Waals surface area contributed by atoms with Crippen LogP contribution in [-0.4, -0.2) is 17.8 Å². The summed E-state index contributed by atoms with van der Waals surface area (Å²) < 4.78 is 12.3. The summed E-state index contributed by atoms with van der Waals surface area (Å²) in [6.45, 7) is 2.22. The van der Waals surface area contributed by atoms with Gasteiger partial charge in [-0.15, -0.1) is 0 Å². The van der Waals surface area contributed by atoms with Crippen LogP contribution in [0.2, 0.25) is 0 Å². The monoisotopic (exact) mass is 410 g/mol. The Morgan fingerprint density at radius 1 is 0.933 bits per heavy atom. The fourth-order valence-corrected chi connectivity index (χ4v) is 5.87. The number of hydrogen-bond acceptors (Lipinski definition) is 6. The predicted octanol–water partition coefficient (Wildman–Crippen LogP) is 5.74. The average molecular weight is 411 g/mol. The molecule has 162 valence electrons. The molecule has 0 aromatic heterocycles. The van der Waals surface area contributed by atoms with E-state index in [-0.39, 0.29) is 5.90 Å². The topological polar surface area (TPSA) is 114 Å². The number of unbranched alkanes of at least 4 members (excludes halogenated alkanes) is 8. The number of hydrogen-bond donors (Lipinski definition) is 1. The lowest BCUT2D eigenvalue weighted by molar-refractivity contribution is -0.292. The zero-order valence-electron chi connectivity index (χ0n) is 18.2. The van der Waals surface area contributed by atoms with Gasteiger partial charge >= 0.3 is 0 Å². The Kier molecular flexibility index (Phi) is 7.05. The van der Waals surface area contributed by atoms with Gasteiger partial charge < -0.3 is 9.47 Å². The van der Waals surface area contributed by atoms with Gasteiger partial charge in [0.1, 0.15) is 0 Å². The van der Waals surface area contributed by atoms with Crippen LogP contribution in [0.4, 0.5) is 0 Å². The van der Waals surface area contributed by atoms with Crippen LogP contribution >= 0.6 is 0 Å². The molecule has 4 atom stereocenters. The van der Waals surface area contributed by atoms with Gasteiger partial charge in [0, 0.05) is 6.42 Å². The Bertz CT molecular complexity index is 747. The van der Waals surface area contributed by atoms with E-state index in [1.165, 1.54) is 38.5 Å². The minimum Gasteiger partial charge on any atom is -0.447 e. The van der Waals surface area contributed by atoms with Crippen LogP contribution in [0, 0.1) is 56.2 Å². The minimum atomic E-state index is -1.69. The first kappa shape index (κ1) is 22.6. The summed E-state index contributed by atoms with van der Waals surface area (Å²) in [6, 6.07) is 6.53. The van der Waals surface area contributed by atoms with Crippen LogP contribution in [0.5, 0.6) is 0 Å². The molecule has 3 rings (SSSR count). The maximum atomic E-state index is 10.2. The van der Waals surface area contributed by atoms with Crippen LogP contribution in [-0.2, 0) is 9.47 Å². The second kappa shape index (κ2) is 9.36. The zero-order valence-corrected chi connectivity index (χ0v) is 18.2. The van der Waals surface area contributed by atoms with E-state index >= 15 is 0 Å².